The number of carbonyl (C=O) groups is 1. The van der Waals surface area contributed by atoms with Gasteiger partial charge in [0, 0.05) is 29.0 Å². The predicted octanol–water partition coefficient (Wildman–Crippen LogP) is 6.07. The molecule has 2 heterocycles. The summed E-state index contributed by atoms with van der Waals surface area (Å²) < 4.78 is 7.65. The number of aromatic nitrogens is 3. The van der Waals surface area contributed by atoms with Gasteiger partial charge in [-0.15, -0.1) is 10.2 Å². The molecule has 7 nitrogen and oxygen atoms in total. The maximum absolute atomic E-state index is 13.3. The number of para-hydroxylation sites is 1. The van der Waals surface area contributed by atoms with Crippen LogP contribution in [0.5, 0.6) is 0 Å². The average molecular weight is 488 g/mol. The predicted molar refractivity (Wildman–Crippen MR) is 139 cm³/mol. The van der Waals surface area contributed by atoms with E-state index in [1.54, 1.807) is 6.26 Å². The normalized spacial score (nSPS) is 13.2. The molecule has 0 saturated heterocycles. The minimum atomic E-state index is 0.0269. The quantitative estimate of drug-likeness (QED) is 0.274. The van der Waals surface area contributed by atoms with Crippen LogP contribution >= 0.6 is 11.8 Å². The molecule has 180 valence electrons. The van der Waals surface area contributed by atoms with Gasteiger partial charge in [0.15, 0.2) is 5.16 Å². The first kappa shape index (κ1) is 23.2. The lowest BCUT2D eigenvalue weighted by atomic mass is 10.2. The van der Waals surface area contributed by atoms with Crippen molar-refractivity contribution in [2.75, 3.05) is 16.0 Å². The largest absolute Gasteiger partial charge is 0.467 e. The van der Waals surface area contributed by atoms with E-state index < -0.39 is 0 Å². The summed E-state index contributed by atoms with van der Waals surface area (Å²) in [6.07, 6.45) is 3.94. The molecule has 2 aromatic carbocycles. The van der Waals surface area contributed by atoms with E-state index in [9.17, 15) is 4.79 Å². The number of nitrogens with one attached hydrogen (secondary N) is 1. The lowest BCUT2D eigenvalue weighted by Gasteiger charge is -2.27. The van der Waals surface area contributed by atoms with Crippen molar-refractivity contribution in [2.45, 2.75) is 50.4 Å². The molecule has 1 aliphatic rings. The Morgan fingerprint density at radius 1 is 1.06 bits per heavy atom. The fraction of sp³-hybridized carbons (Fsp3) is 0.296. The van der Waals surface area contributed by atoms with Crippen LogP contribution < -0.4 is 10.2 Å². The molecule has 1 aliphatic carbocycles. The van der Waals surface area contributed by atoms with Crippen LogP contribution in [0.3, 0.4) is 0 Å². The Morgan fingerprint density at radius 3 is 2.46 bits per heavy atom. The molecular weight excluding hydrogens is 458 g/mol. The smallest absolute Gasteiger partial charge is 0.237 e. The summed E-state index contributed by atoms with van der Waals surface area (Å²) in [5.74, 6) is 2.61. The highest BCUT2D eigenvalue weighted by molar-refractivity contribution is 7.99. The molecule has 0 bridgehead atoms. The lowest BCUT2D eigenvalue weighted by molar-refractivity contribution is -0.116. The summed E-state index contributed by atoms with van der Waals surface area (Å²) in [5.41, 5.74) is 2.88. The van der Waals surface area contributed by atoms with Crippen molar-refractivity contribution < 1.29 is 9.21 Å². The summed E-state index contributed by atoms with van der Waals surface area (Å²) in [6, 6.07) is 21.9. The number of benzene rings is 2. The molecule has 0 aliphatic heterocycles. The Balaban J connectivity index is 1.27. The zero-order valence-electron chi connectivity index (χ0n) is 19.9. The number of anilines is 3. The second-order valence-corrected chi connectivity index (χ2v) is 9.91. The van der Waals surface area contributed by atoms with E-state index in [1.807, 2.05) is 85.5 Å². The third-order valence-corrected chi connectivity index (χ3v) is 6.85. The number of hydrogen-bond acceptors (Lipinski definition) is 6. The molecule has 1 saturated carbocycles. The second kappa shape index (κ2) is 10.4. The number of carbonyl (C=O) groups excluding carboxylic acids is 1. The monoisotopic (exact) mass is 487 g/mol. The third kappa shape index (κ3) is 5.59. The van der Waals surface area contributed by atoms with Crippen LogP contribution in [0, 0.1) is 0 Å². The van der Waals surface area contributed by atoms with Gasteiger partial charge >= 0.3 is 0 Å². The highest BCUT2D eigenvalue weighted by Crippen LogP contribution is 2.40. The van der Waals surface area contributed by atoms with Crippen molar-refractivity contribution in [3.05, 3.63) is 84.6 Å². The van der Waals surface area contributed by atoms with Crippen LogP contribution in [0.25, 0.3) is 0 Å². The number of furan rings is 1. The summed E-state index contributed by atoms with van der Waals surface area (Å²) in [4.78, 5) is 15.2. The number of hydrogen-bond donors (Lipinski definition) is 1. The Morgan fingerprint density at radius 2 is 1.80 bits per heavy atom. The van der Waals surface area contributed by atoms with Gasteiger partial charge in [0.25, 0.3) is 0 Å². The zero-order valence-corrected chi connectivity index (χ0v) is 20.7. The second-order valence-electron chi connectivity index (χ2n) is 8.96. The maximum Gasteiger partial charge on any atom is 0.237 e. The molecule has 35 heavy (non-hydrogen) atoms. The molecule has 0 atom stereocenters. The highest BCUT2D eigenvalue weighted by Gasteiger charge is 2.31. The standard InChI is InChI=1S/C27H29N5O2S/c1-19(2)32(23-14-12-22(13-15-23)28-21-7-4-3-5-8-21)25(33)18-35-27-30-29-26(20-10-11-20)31(27)17-24-9-6-16-34-24/h3-9,12-16,19-20,28H,10-11,17-18H2,1-2H3. The fourth-order valence-corrected chi connectivity index (χ4v) is 4.88. The van der Waals surface area contributed by atoms with Crippen LogP contribution in [0.1, 0.15) is 44.2 Å². The average Bonchev–Trinajstić information content (AvgIpc) is 3.42. The molecule has 2 aromatic heterocycles. The number of nitrogens with zero attached hydrogens (tertiary/aromatic N) is 4. The first-order chi connectivity index (χ1) is 17.1. The van der Waals surface area contributed by atoms with Crippen molar-refractivity contribution >= 4 is 34.7 Å². The van der Waals surface area contributed by atoms with Crippen LogP contribution in [-0.4, -0.2) is 32.5 Å². The fourth-order valence-electron chi connectivity index (χ4n) is 4.08. The van der Waals surface area contributed by atoms with Crippen molar-refractivity contribution in [3.8, 4) is 0 Å². The molecule has 0 radical (unpaired) electrons. The van der Waals surface area contributed by atoms with Crippen molar-refractivity contribution in [2.24, 2.45) is 0 Å². The van der Waals surface area contributed by atoms with Crippen LogP contribution in [-0.2, 0) is 11.3 Å². The summed E-state index contributed by atoms with van der Waals surface area (Å²) in [6.45, 7) is 4.64. The van der Waals surface area contributed by atoms with Crippen LogP contribution in [0.4, 0.5) is 17.1 Å². The molecule has 1 N–H and O–H groups in total. The van der Waals surface area contributed by atoms with E-state index in [1.165, 1.54) is 11.8 Å². The van der Waals surface area contributed by atoms with E-state index in [4.69, 9.17) is 4.42 Å². The van der Waals surface area contributed by atoms with Crippen molar-refractivity contribution in [3.63, 3.8) is 0 Å². The van der Waals surface area contributed by atoms with Crippen LogP contribution in [0.2, 0.25) is 0 Å². The van der Waals surface area contributed by atoms with E-state index in [2.05, 4.69) is 20.1 Å². The minimum Gasteiger partial charge on any atom is -0.467 e. The molecule has 0 unspecified atom stereocenters. The lowest BCUT2D eigenvalue weighted by Crippen LogP contribution is -2.38. The summed E-state index contributed by atoms with van der Waals surface area (Å²) in [7, 11) is 0. The van der Waals surface area contributed by atoms with E-state index in [-0.39, 0.29) is 17.7 Å². The minimum absolute atomic E-state index is 0.0269. The molecule has 1 amide bonds. The van der Waals surface area contributed by atoms with Gasteiger partial charge in [0.2, 0.25) is 5.91 Å². The summed E-state index contributed by atoms with van der Waals surface area (Å²) >= 11 is 1.43. The molecule has 0 spiro atoms. The SMILES string of the molecule is CC(C)N(C(=O)CSc1nnc(C2CC2)n1Cc1ccco1)c1ccc(Nc2ccccc2)cc1. The van der Waals surface area contributed by atoms with Gasteiger partial charge in [-0.05, 0) is 75.2 Å². The Kier molecular flexibility index (Phi) is 6.90. The van der Waals surface area contributed by atoms with E-state index >= 15 is 0 Å². The van der Waals surface area contributed by atoms with E-state index in [0.717, 1.165) is 46.6 Å². The molecule has 1 fully saturated rings. The maximum atomic E-state index is 13.3. The number of thioether (sulfide) groups is 1. The first-order valence-electron chi connectivity index (χ1n) is 11.9. The van der Waals surface area contributed by atoms with Crippen molar-refractivity contribution in [1.29, 1.82) is 0 Å². The Labute approximate surface area is 209 Å². The topological polar surface area (TPSA) is 76.2 Å². The Bertz CT molecular complexity index is 1250. The molecule has 5 rings (SSSR count). The van der Waals surface area contributed by atoms with Crippen molar-refractivity contribution in [1.82, 2.24) is 14.8 Å². The number of amides is 1. The molecule has 8 heteroatoms. The Hall–Kier alpha value is -3.52. The van der Waals surface area contributed by atoms with Gasteiger partial charge in [-0.3, -0.25) is 9.36 Å². The van der Waals surface area contributed by atoms with Crippen LogP contribution in [0.15, 0.2) is 82.6 Å². The zero-order chi connectivity index (χ0) is 24.2. The molecule has 4 aromatic rings. The number of rotatable bonds is 10. The van der Waals surface area contributed by atoms with Gasteiger partial charge in [-0.1, -0.05) is 30.0 Å². The van der Waals surface area contributed by atoms with E-state index in [0.29, 0.717) is 12.5 Å². The van der Waals surface area contributed by atoms with Gasteiger partial charge in [0.1, 0.15) is 11.6 Å². The highest BCUT2D eigenvalue weighted by atomic mass is 32.2. The van der Waals surface area contributed by atoms with Gasteiger partial charge in [-0.25, -0.2) is 0 Å². The first-order valence-corrected chi connectivity index (χ1v) is 12.9. The summed E-state index contributed by atoms with van der Waals surface area (Å²) in [5, 5.41) is 13.0. The third-order valence-electron chi connectivity index (χ3n) is 5.90. The van der Waals surface area contributed by atoms with Gasteiger partial charge < -0.3 is 14.6 Å². The molecular formula is C27H29N5O2S. The van der Waals surface area contributed by atoms with Gasteiger partial charge in [-0.2, -0.15) is 0 Å². The van der Waals surface area contributed by atoms with Gasteiger partial charge in [0.05, 0.1) is 18.6 Å².